The molecule has 0 aliphatic rings. The maximum Gasteiger partial charge on any atom is 0.338 e. The van der Waals surface area contributed by atoms with Gasteiger partial charge in [0.2, 0.25) is 0 Å². The molecule has 0 saturated carbocycles. The molecule has 2 aromatic heterocycles. The minimum atomic E-state index is -0.152. The van der Waals surface area contributed by atoms with E-state index in [4.69, 9.17) is 0 Å². The lowest BCUT2D eigenvalue weighted by molar-refractivity contribution is 0.929. The summed E-state index contributed by atoms with van der Waals surface area (Å²) in [4.78, 5) is 29.2. The van der Waals surface area contributed by atoms with Crippen LogP contribution in [-0.2, 0) is 0 Å². The summed E-state index contributed by atoms with van der Waals surface area (Å²) in [6, 6.07) is 38.8. The normalized spacial score (nSPS) is 10.6. The number of hydrogen-bond acceptors (Lipinski definition) is 2. The van der Waals surface area contributed by atoms with Gasteiger partial charge in [0.05, 0.1) is 33.4 Å². The second kappa shape index (κ2) is 13.7. The molecular formula is C32H22Br4N4O2. The lowest BCUT2D eigenvalue weighted by atomic mass is 10.2. The van der Waals surface area contributed by atoms with E-state index in [1.165, 1.54) is 0 Å². The van der Waals surface area contributed by atoms with Crippen LogP contribution in [0.15, 0.2) is 149 Å². The Labute approximate surface area is 274 Å². The van der Waals surface area contributed by atoms with Crippen molar-refractivity contribution in [3.8, 4) is 11.4 Å². The van der Waals surface area contributed by atoms with Crippen LogP contribution >= 0.6 is 63.7 Å². The third-order valence-corrected chi connectivity index (χ3v) is 8.06. The molecule has 0 aliphatic heterocycles. The second-order valence-electron chi connectivity index (χ2n) is 8.97. The van der Waals surface area contributed by atoms with E-state index in [9.17, 15) is 9.59 Å². The van der Waals surface area contributed by atoms with Gasteiger partial charge in [0.15, 0.2) is 0 Å². The summed E-state index contributed by atoms with van der Waals surface area (Å²) < 4.78 is 7.55. The highest BCUT2D eigenvalue weighted by Gasteiger charge is 2.15. The molecule has 0 saturated heterocycles. The van der Waals surface area contributed by atoms with Gasteiger partial charge >= 0.3 is 11.4 Å². The van der Waals surface area contributed by atoms with Crippen molar-refractivity contribution in [2.45, 2.75) is 0 Å². The van der Waals surface area contributed by atoms with Crippen molar-refractivity contribution in [1.29, 1.82) is 0 Å². The standard InChI is InChI=1S/C19H12Br2N2O.C7H6N2O.C6H4Br2/c20-13-5-3-7-15(11-13)22-17-9-1-2-10-18(17)23(19(22)24)16-8-4-6-14(21)12-16;10-7-8-5-3-1-2-4-6(5)9-7;7-5-2-1-3-6(8)4-5/h1-12H;1-4H,(H2,8,9,10);1-4H. The van der Waals surface area contributed by atoms with E-state index in [2.05, 4.69) is 73.7 Å². The lowest BCUT2D eigenvalue weighted by Crippen LogP contribution is -2.22. The Bertz CT molecular complexity index is 1970. The number of aromatic nitrogens is 4. The molecule has 5 aromatic carbocycles. The Hall–Kier alpha value is -3.44. The molecule has 6 nitrogen and oxygen atoms in total. The molecule has 10 heteroatoms. The van der Waals surface area contributed by atoms with Gasteiger partial charge in [0, 0.05) is 17.9 Å². The Morgan fingerprint density at radius 3 is 1.21 bits per heavy atom. The highest BCUT2D eigenvalue weighted by Crippen LogP contribution is 2.24. The molecule has 0 fully saturated rings. The first kappa shape index (κ1) is 30.0. The molecule has 7 rings (SSSR count). The molecule has 2 N–H and O–H groups in total. The van der Waals surface area contributed by atoms with Crippen molar-refractivity contribution < 1.29 is 0 Å². The highest BCUT2D eigenvalue weighted by molar-refractivity contribution is 9.11. The van der Waals surface area contributed by atoms with Crippen molar-refractivity contribution in [2.75, 3.05) is 0 Å². The fraction of sp³-hybridized carbons (Fsp3) is 0. The molecule has 0 unspecified atom stereocenters. The Kier molecular flexibility index (Phi) is 9.79. The number of nitrogens with one attached hydrogen (secondary N) is 2. The first-order valence-electron chi connectivity index (χ1n) is 12.6. The number of fused-ring (bicyclic) bond motifs is 2. The predicted molar refractivity (Wildman–Crippen MR) is 185 cm³/mol. The lowest BCUT2D eigenvalue weighted by Gasteiger charge is -2.04. The van der Waals surface area contributed by atoms with Crippen LogP contribution in [0.5, 0.6) is 0 Å². The fourth-order valence-corrected chi connectivity index (χ4v) is 6.19. The summed E-state index contributed by atoms with van der Waals surface area (Å²) in [6.07, 6.45) is 0. The van der Waals surface area contributed by atoms with E-state index < -0.39 is 0 Å². The molecular weight excluding hydrogens is 792 g/mol. The van der Waals surface area contributed by atoms with Crippen LogP contribution < -0.4 is 11.4 Å². The van der Waals surface area contributed by atoms with Crippen molar-refractivity contribution in [1.82, 2.24) is 19.1 Å². The summed E-state index contributed by atoms with van der Waals surface area (Å²) in [6.45, 7) is 0. The quantitative estimate of drug-likeness (QED) is 0.183. The van der Waals surface area contributed by atoms with Crippen LogP contribution in [0.25, 0.3) is 33.4 Å². The Morgan fingerprint density at radius 1 is 0.452 bits per heavy atom. The van der Waals surface area contributed by atoms with Gasteiger partial charge in [-0.25, -0.2) is 9.59 Å². The summed E-state index contributed by atoms with van der Waals surface area (Å²) in [5.41, 5.74) is 4.88. The minimum Gasteiger partial charge on any atom is -0.306 e. The van der Waals surface area contributed by atoms with Gasteiger partial charge in [-0.15, -0.1) is 0 Å². The number of aromatic amines is 2. The van der Waals surface area contributed by atoms with Gasteiger partial charge in [0.25, 0.3) is 0 Å². The number of para-hydroxylation sites is 4. The number of H-pyrrole nitrogens is 2. The first-order valence-corrected chi connectivity index (χ1v) is 15.8. The van der Waals surface area contributed by atoms with Crippen molar-refractivity contribution in [3.05, 3.63) is 160 Å². The van der Waals surface area contributed by atoms with Gasteiger partial charge in [-0.1, -0.05) is 106 Å². The zero-order valence-corrected chi connectivity index (χ0v) is 28.1. The van der Waals surface area contributed by atoms with Crippen molar-refractivity contribution >= 4 is 85.8 Å². The smallest absolute Gasteiger partial charge is 0.306 e. The van der Waals surface area contributed by atoms with Crippen LogP contribution in [-0.4, -0.2) is 19.1 Å². The molecule has 2 heterocycles. The summed E-state index contributed by atoms with van der Waals surface area (Å²) in [5.74, 6) is 0. The maximum atomic E-state index is 13.2. The van der Waals surface area contributed by atoms with Gasteiger partial charge in [0.1, 0.15) is 0 Å². The predicted octanol–water partition coefficient (Wildman–Crippen LogP) is 9.37. The first-order chi connectivity index (χ1) is 20.3. The summed E-state index contributed by atoms with van der Waals surface area (Å²) in [5, 5.41) is 0. The van der Waals surface area contributed by atoms with Crippen molar-refractivity contribution in [3.63, 3.8) is 0 Å². The van der Waals surface area contributed by atoms with Crippen LogP contribution in [0.3, 0.4) is 0 Å². The second-order valence-corrected chi connectivity index (χ2v) is 12.6. The van der Waals surface area contributed by atoms with E-state index in [1.54, 1.807) is 9.13 Å². The van der Waals surface area contributed by atoms with Crippen LogP contribution in [0, 0.1) is 0 Å². The molecule has 0 radical (unpaired) electrons. The maximum absolute atomic E-state index is 13.2. The number of rotatable bonds is 2. The molecule has 42 heavy (non-hydrogen) atoms. The molecule has 0 atom stereocenters. The topological polar surface area (TPSA) is 75.6 Å². The van der Waals surface area contributed by atoms with E-state index in [-0.39, 0.29) is 11.4 Å². The third-order valence-electron chi connectivity index (χ3n) is 6.09. The van der Waals surface area contributed by atoms with Crippen molar-refractivity contribution in [2.24, 2.45) is 0 Å². The SMILES string of the molecule is Brc1cccc(Br)c1.O=c1[nH]c2ccccc2[nH]1.O=c1n(-c2cccc(Br)c2)c2ccccc2n1-c1cccc(Br)c1. The molecule has 7 aromatic rings. The van der Waals surface area contributed by atoms with Gasteiger partial charge in [-0.2, -0.15) is 0 Å². The fourth-order valence-electron chi connectivity index (χ4n) is 4.31. The van der Waals surface area contributed by atoms with Gasteiger partial charge < -0.3 is 9.97 Å². The van der Waals surface area contributed by atoms with Gasteiger partial charge in [-0.05, 0) is 78.9 Å². The zero-order valence-electron chi connectivity index (χ0n) is 21.8. The largest absolute Gasteiger partial charge is 0.338 e. The average Bonchev–Trinajstić information content (AvgIpc) is 3.49. The van der Waals surface area contributed by atoms with Crippen LogP contribution in [0.2, 0.25) is 0 Å². The van der Waals surface area contributed by atoms with E-state index >= 15 is 0 Å². The number of benzene rings is 5. The molecule has 210 valence electrons. The number of imidazole rings is 2. The van der Waals surface area contributed by atoms with Crippen LogP contribution in [0.1, 0.15) is 0 Å². The van der Waals surface area contributed by atoms with E-state index in [0.29, 0.717) is 0 Å². The van der Waals surface area contributed by atoms with E-state index in [0.717, 1.165) is 51.3 Å². The van der Waals surface area contributed by atoms with E-state index in [1.807, 2.05) is 121 Å². The highest BCUT2D eigenvalue weighted by atomic mass is 79.9. The Balaban J connectivity index is 0.000000159. The monoisotopic (exact) mass is 810 g/mol. The average molecular weight is 814 g/mol. The van der Waals surface area contributed by atoms with Gasteiger partial charge in [-0.3, -0.25) is 9.13 Å². The Morgan fingerprint density at radius 2 is 0.833 bits per heavy atom. The summed E-state index contributed by atoms with van der Waals surface area (Å²) in [7, 11) is 0. The summed E-state index contributed by atoms with van der Waals surface area (Å²) >= 11 is 13.6. The van der Waals surface area contributed by atoms with Crippen LogP contribution in [0.4, 0.5) is 0 Å². The third kappa shape index (κ3) is 7.12. The molecule has 0 spiro atoms. The zero-order chi connectivity index (χ0) is 29.6. The number of nitrogens with zero attached hydrogens (tertiary/aromatic N) is 2. The number of hydrogen-bond donors (Lipinski definition) is 2. The molecule has 0 aliphatic carbocycles. The number of halogens is 4. The molecule has 0 amide bonds. The molecule has 0 bridgehead atoms. The minimum absolute atomic E-state index is 0.0904.